The molecule has 3 aliphatic carbocycles. The van der Waals surface area contributed by atoms with E-state index in [1.54, 1.807) is 0 Å². The summed E-state index contributed by atoms with van der Waals surface area (Å²) in [5.74, 6) is 1.70. The number of hydrogen-bond donors (Lipinski definition) is 0. The number of para-hydroxylation sites is 5. The number of nitrogens with zero attached hydrogens (tertiary/aromatic N) is 5. The molecule has 14 aromatic carbocycles. The third-order valence-electron chi connectivity index (χ3n) is 27.2. The van der Waals surface area contributed by atoms with Crippen LogP contribution in [0.4, 0.5) is 45.5 Å². The zero-order chi connectivity index (χ0) is 87.0. The van der Waals surface area contributed by atoms with Gasteiger partial charge in [-0.3, -0.25) is 0 Å². The predicted molar refractivity (Wildman–Crippen MR) is 513 cm³/mol. The number of anilines is 8. The Bertz CT molecular complexity index is 7110. The first-order valence-electron chi connectivity index (χ1n) is 46.8. The van der Waals surface area contributed by atoms with Gasteiger partial charge in [-0.15, -0.1) is 0 Å². The Hall–Kier alpha value is -12.8. The second-order valence-electron chi connectivity index (χ2n) is 37.6. The van der Waals surface area contributed by atoms with E-state index in [-0.39, 0.29) is 70.5 Å². The molecule has 121 heavy (non-hydrogen) atoms. The van der Waals surface area contributed by atoms with Crippen LogP contribution in [0.2, 0.25) is 0 Å². The minimum absolute atomic E-state index is 0.0171. The van der Waals surface area contributed by atoms with E-state index in [2.05, 4.69) is 329 Å². The van der Waals surface area contributed by atoms with Crippen molar-refractivity contribution in [2.45, 2.75) is 131 Å². The molecule has 22 rings (SSSR count). The van der Waals surface area contributed by atoms with E-state index < -0.39 is 18.2 Å². The maximum absolute atomic E-state index is 12.3. The molecule has 4 atom stereocenters. The topological polar surface area (TPSA) is 28.8 Å². The fourth-order valence-electron chi connectivity index (χ4n) is 20.9. The molecule has 0 saturated carbocycles. The van der Waals surface area contributed by atoms with Crippen LogP contribution in [0, 0.1) is 23.2 Å². The van der Waals surface area contributed by atoms with Gasteiger partial charge in [0.15, 0.2) is 11.5 Å². The van der Waals surface area contributed by atoms with E-state index in [9.17, 15) is 8.22 Å². The van der Waals surface area contributed by atoms with E-state index in [4.69, 9.17) is 4.74 Å². The van der Waals surface area contributed by atoms with Gasteiger partial charge in [-0.2, -0.15) is 0 Å². The van der Waals surface area contributed by atoms with Crippen molar-refractivity contribution in [1.82, 2.24) is 9.13 Å². The Kier molecular flexibility index (Phi) is 16.3. The average Bonchev–Trinajstić information content (AvgIpc) is 1.49. The molecule has 0 bridgehead atoms. The first-order valence-corrected chi connectivity index (χ1v) is 43.8. The van der Waals surface area contributed by atoms with Crippen LogP contribution in [-0.4, -0.2) is 21.9 Å². The van der Waals surface area contributed by atoms with Crippen LogP contribution in [0.3, 0.4) is 0 Å². The van der Waals surface area contributed by atoms with Gasteiger partial charge >= 0.3 is 0 Å². The summed E-state index contributed by atoms with van der Waals surface area (Å²) in [6, 6.07) is 95.3. The number of rotatable bonds is 11. The standard InChI is InChI=1S/C114H102BN5O/c1-112(2,3)81-64-90(75-38-20-12-21-39-75)110(91(65-81)76-40-22-13-23-41-76)119-103-71-85(116-97-47-29-28-46-87(97)94-70-84(56-61-98(94)116)117-99-48-30-32-50-107(99)121-108-51-33-31-49-100(108)117)54-59-95(103)115-96-60-55-86(118-101-62-79(73-34-16-10-17-35-73)52-57-88(101)89-58-53-80(63-102(89)118)74-36-18-11-19-37-74)72-104(96)120(106-69-83(114(7,8)9)68-105(119)109(106)115)111-92(77-42-24-14-25-43-77)66-82(113(4,5)6)67-93(111)78-44-26-15-27-45-78/h10-14,16-24,28-41,44,46-66,68-72,77,82,93,111H,15,25-27,42-43,45,67H2,1-9H3/i54D,55D,59D,60D,71D,72D. The third-order valence-corrected chi connectivity index (χ3v) is 27.2. The van der Waals surface area contributed by atoms with Gasteiger partial charge in [-0.25, -0.2) is 0 Å². The van der Waals surface area contributed by atoms with Crippen LogP contribution < -0.4 is 35.8 Å². The Balaban J connectivity index is 0.916. The largest absolute Gasteiger partial charge is 0.453 e. The zero-order valence-electron chi connectivity index (χ0n) is 76.5. The molecule has 0 spiro atoms. The summed E-state index contributed by atoms with van der Waals surface area (Å²) in [7, 11) is 0. The average molecular weight is 1570 g/mol. The maximum atomic E-state index is 12.3. The Morgan fingerprint density at radius 2 is 0.942 bits per heavy atom. The fraction of sp³-hybridized carbons (Fsp3) is 0.211. The molecule has 0 fully saturated rings. The summed E-state index contributed by atoms with van der Waals surface area (Å²) < 4.78 is 81.9. The number of allylic oxidation sites excluding steroid dienone is 4. The van der Waals surface area contributed by atoms with E-state index >= 15 is 0 Å². The molecule has 6 nitrogen and oxygen atoms in total. The highest BCUT2D eigenvalue weighted by Crippen LogP contribution is 2.58. The molecule has 16 aromatic rings. The minimum atomic E-state index is -1.11. The zero-order valence-corrected chi connectivity index (χ0v) is 70.5. The summed E-state index contributed by atoms with van der Waals surface area (Å²) in [5, 5.41) is 3.71. The van der Waals surface area contributed by atoms with E-state index in [0.717, 1.165) is 202 Å². The van der Waals surface area contributed by atoms with Crippen molar-refractivity contribution in [1.29, 1.82) is 0 Å². The Morgan fingerprint density at radius 1 is 0.413 bits per heavy atom. The lowest BCUT2D eigenvalue weighted by atomic mass is 9.33. The molecule has 5 heterocycles. The predicted octanol–water partition coefficient (Wildman–Crippen LogP) is 29.3. The van der Waals surface area contributed by atoms with E-state index in [1.165, 1.54) is 11.1 Å². The first kappa shape index (κ1) is 68.0. The monoisotopic (exact) mass is 1570 g/mol. The SMILES string of the molecule is [2H]c1c([2H])c(-n2c3ccccc3c3cc(N4c5ccccc5Oc5ccccc54)ccc32)c([2H])c2c1B1c3c(cc(C(C)(C)C)cc3N(C3C(C4CC=CCC4)=CC(C(C)(C)C)CC3C3=CCCCC3)c3c([2H])c(-n4c5cc(-c6ccccc6)ccc5c5ccc(-c6ccccc6)cc54)c([2H])c([2H])c31)N2c1c(-c2ccccc2)cc(C(C)(C)C)cc1-c1ccccc1. The molecule has 592 valence electrons. The lowest BCUT2D eigenvalue weighted by molar-refractivity contribution is 0.220. The number of fused-ring (bicyclic) bond motifs is 12. The molecular formula is C114H102BN5O. The Labute approximate surface area is 721 Å². The number of aromatic nitrogens is 2. The molecule has 2 aromatic heterocycles. The Morgan fingerprint density at radius 3 is 1.52 bits per heavy atom. The molecular weight excluding hydrogens is 1470 g/mol. The van der Waals surface area contributed by atoms with Crippen LogP contribution in [0.15, 0.2) is 345 Å². The van der Waals surface area contributed by atoms with Gasteiger partial charge in [0.25, 0.3) is 6.71 Å². The third kappa shape index (κ3) is 12.6. The summed E-state index contributed by atoms with van der Waals surface area (Å²) in [6.45, 7) is 19.9. The highest BCUT2D eigenvalue weighted by molar-refractivity contribution is 7.00. The molecule has 6 aliphatic rings. The highest BCUT2D eigenvalue weighted by Gasteiger charge is 2.51. The van der Waals surface area contributed by atoms with Gasteiger partial charge in [0.1, 0.15) is 0 Å². The van der Waals surface area contributed by atoms with Crippen molar-refractivity contribution in [3.05, 3.63) is 356 Å². The normalized spacial score (nSPS) is 18.3. The maximum Gasteiger partial charge on any atom is 0.252 e. The minimum Gasteiger partial charge on any atom is -0.453 e. The second kappa shape index (κ2) is 29.0. The lowest BCUT2D eigenvalue weighted by Crippen LogP contribution is -2.64. The van der Waals surface area contributed by atoms with Crippen molar-refractivity contribution >= 4 is 112 Å². The van der Waals surface area contributed by atoms with Gasteiger partial charge in [-0.1, -0.05) is 292 Å². The molecule has 0 amide bonds. The molecule has 0 N–H and O–H groups in total. The summed E-state index contributed by atoms with van der Waals surface area (Å²) in [6.07, 6.45) is 17.6. The second-order valence-corrected chi connectivity index (χ2v) is 37.6. The first-order chi connectivity index (χ1) is 61.5. The summed E-state index contributed by atoms with van der Waals surface area (Å²) in [5.41, 5.74) is 22.9. The van der Waals surface area contributed by atoms with Crippen LogP contribution in [0.5, 0.6) is 11.5 Å². The van der Waals surface area contributed by atoms with Crippen molar-refractivity contribution in [2.24, 2.45) is 23.2 Å². The summed E-state index contributed by atoms with van der Waals surface area (Å²) >= 11 is 0. The van der Waals surface area contributed by atoms with Crippen molar-refractivity contribution in [3.8, 4) is 67.4 Å². The van der Waals surface area contributed by atoms with E-state index in [1.807, 2.05) is 54.6 Å². The van der Waals surface area contributed by atoms with Crippen LogP contribution in [-0.2, 0) is 10.8 Å². The number of ether oxygens (including phenoxy) is 1. The van der Waals surface area contributed by atoms with Crippen molar-refractivity contribution < 1.29 is 13.0 Å². The van der Waals surface area contributed by atoms with E-state index in [0.29, 0.717) is 28.0 Å². The van der Waals surface area contributed by atoms with Gasteiger partial charge in [0.2, 0.25) is 0 Å². The van der Waals surface area contributed by atoms with Gasteiger partial charge in [0.05, 0.1) is 53.4 Å². The smallest absolute Gasteiger partial charge is 0.252 e. The van der Waals surface area contributed by atoms with Gasteiger partial charge in [0, 0.05) is 78.4 Å². The highest BCUT2D eigenvalue weighted by atomic mass is 16.5. The molecule has 7 heteroatoms. The molecule has 3 aliphatic heterocycles. The van der Waals surface area contributed by atoms with Crippen molar-refractivity contribution in [3.63, 3.8) is 0 Å². The van der Waals surface area contributed by atoms with Gasteiger partial charge < -0.3 is 28.6 Å². The lowest BCUT2D eigenvalue weighted by Gasteiger charge is -2.53. The summed E-state index contributed by atoms with van der Waals surface area (Å²) in [4.78, 5) is 7.20. The molecule has 0 saturated heterocycles. The van der Waals surface area contributed by atoms with Crippen LogP contribution in [0.1, 0.15) is 133 Å². The van der Waals surface area contributed by atoms with Crippen molar-refractivity contribution in [2.75, 3.05) is 14.7 Å². The van der Waals surface area contributed by atoms with Crippen LogP contribution >= 0.6 is 0 Å². The van der Waals surface area contributed by atoms with Crippen LogP contribution in [0.25, 0.3) is 99.5 Å². The molecule has 0 radical (unpaired) electrons. The molecule has 4 unspecified atom stereocenters. The number of hydrogen-bond acceptors (Lipinski definition) is 4. The number of benzene rings is 14. The van der Waals surface area contributed by atoms with Gasteiger partial charge in [-0.05, 0) is 255 Å². The quantitative estimate of drug-likeness (QED) is 0.0953. The fourth-order valence-corrected chi connectivity index (χ4v) is 20.9.